The highest BCUT2D eigenvalue weighted by atomic mass is 32.2. The first-order valence-corrected chi connectivity index (χ1v) is 10.0. The first-order valence-electron chi connectivity index (χ1n) is 9.23. The molecule has 0 fully saturated rings. The van der Waals surface area contributed by atoms with Gasteiger partial charge in [0.2, 0.25) is 17.7 Å². The van der Waals surface area contributed by atoms with Crippen LogP contribution in [0.4, 0.5) is 11.4 Å². The third-order valence-electron chi connectivity index (χ3n) is 4.36. The van der Waals surface area contributed by atoms with Gasteiger partial charge in [0.05, 0.1) is 19.8 Å². The van der Waals surface area contributed by atoms with E-state index in [9.17, 15) is 0 Å². The third kappa shape index (κ3) is 5.00. The Kier molecular flexibility index (Phi) is 6.98. The lowest BCUT2D eigenvalue weighted by molar-refractivity contribution is -0.239. The Balaban J connectivity index is 2.05. The van der Waals surface area contributed by atoms with Crippen molar-refractivity contribution < 1.29 is 13.5 Å². The zero-order valence-electron chi connectivity index (χ0n) is 16.9. The lowest BCUT2D eigenvalue weighted by Gasteiger charge is -2.12. The molecule has 3 rings (SSSR count). The van der Waals surface area contributed by atoms with Crippen LogP contribution in [0.2, 0.25) is 0 Å². The summed E-state index contributed by atoms with van der Waals surface area (Å²) in [5, 5.41) is 4.14. The molecule has 0 heterocycles. The predicted molar refractivity (Wildman–Crippen MR) is 122 cm³/mol. The molecule has 0 saturated carbocycles. The molecule has 3 aromatic carbocycles. The molecule has 0 spiro atoms. The van der Waals surface area contributed by atoms with Crippen LogP contribution < -0.4 is 14.8 Å². The minimum atomic E-state index is 0.779. The van der Waals surface area contributed by atoms with Gasteiger partial charge in [-0.05, 0) is 30.3 Å². The maximum atomic E-state index is 5.62. The number of nitrogens with one attached hydrogen (secondary N) is 1. The summed E-state index contributed by atoms with van der Waals surface area (Å²) >= 11 is 1.50. The summed E-state index contributed by atoms with van der Waals surface area (Å²) in [4.78, 5) is 0. The normalized spacial score (nSPS) is 11.4. The summed E-state index contributed by atoms with van der Waals surface area (Å²) < 4.78 is 13.3. The highest BCUT2D eigenvalue weighted by molar-refractivity contribution is 7.97. The van der Waals surface area contributed by atoms with Crippen LogP contribution in [-0.4, -0.2) is 23.9 Å². The Hall–Kier alpha value is -3.18. The maximum Gasteiger partial charge on any atom is 0.261 e. The number of rotatable bonds is 8. The quantitative estimate of drug-likeness (QED) is 0.279. The largest absolute Gasteiger partial charge is 0.496 e. The van der Waals surface area contributed by atoms with Gasteiger partial charge >= 0.3 is 0 Å². The summed E-state index contributed by atoms with van der Waals surface area (Å²) in [5.41, 5.74) is 3.92. The molecule has 1 N–H and O–H groups in total. The molecule has 0 aliphatic rings. The minimum absolute atomic E-state index is 0.779. The van der Waals surface area contributed by atoms with Crippen molar-refractivity contribution in [3.05, 3.63) is 96.0 Å². The van der Waals surface area contributed by atoms with Crippen LogP contribution in [0, 0.1) is 0 Å². The van der Waals surface area contributed by atoms with Crippen LogP contribution in [0.3, 0.4) is 0 Å². The second-order valence-electron chi connectivity index (χ2n) is 6.26. The topological polar surface area (TPSA) is 33.5 Å². The molecular weight excluding hydrogens is 380 g/mol. The molecule has 29 heavy (non-hydrogen) atoms. The SMILES string of the molecule is C=C(Nc1ccccc1)S/[N+](=C(\C)c1ccccc1OC)c1ccccc1OC. The summed E-state index contributed by atoms with van der Waals surface area (Å²) in [6.07, 6.45) is 0. The highest BCUT2D eigenvalue weighted by Gasteiger charge is 2.25. The highest BCUT2D eigenvalue weighted by Crippen LogP contribution is 2.35. The fraction of sp³-hybridized carbons (Fsp3) is 0.125. The first kappa shape index (κ1) is 20.6. The molecule has 4 nitrogen and oxygen atoms in total. The van der Waals surface area contributed by atoms with Gasteiger partial charge < -0.3 is 14.8 Å². The number of nitrogens with zero attached hydrogens (tertiary/aromatic N) is 1. The zero-order chi connectivity index (χ0) is 20.6. The molecule has 0 atom stereocenters. The van der Waals surface area contributed by atoms with Gasteiger partial charge in [-0.2, -0.15) is 0 Å². The molecule has 0 aliphatic heterocycles. The van der Waals surface area contributed by atoms with Crippen LogP contribution >= 0.6 is 11.9 Å². The lowest BCUT2D eigenvalue weighted by Crippen LogP contribution is -2.13. The number of hydrogen-bond acceptors (Lipinski definition) is 4. The van der Waals surface area contributed by atoms with Crippen LogP contribution in [0.1, 0.15) is 12.5 Å². The summed E-state index contributed by atoms with van der Waals surface area (Å²) in [7, 11) is 3.36. The van der Waals surface area contributed by atoms with Crippen molar-refractivity contribution in [1.82, 2.24) is 0 Å². The smallest absolute Gasteiger partial charge is 0.261 e. The molecule has 0 bridgehead atoms. The van der Waals surface area contributed by atoms with Gasteiger partial charge in [-0.25, -0.2) is 0 Å². The maximum absolute atomic E-state index is 5.62. The van der Waals surface area contributed by atoms with E-state index in [-0.39, 0.29) is 0 Å². The van der Waals surface area contributed by atoms with Crippen molar-refractivity contribution in [2.24, 2.45) is 0 Å². The fourth-order valence-corrected chi connectivity index (χ4v) is 3.83. The molecule has 0 aliphatic carbocycles. The Bertz CT molecular complexity index is 1020. The Morgan fingerprint density at radius 2 is 1.41 bits per heavy atom. The lowest BCUT2D eigenvalue weighted by atomic mass is 10.1. The van der Waals surface area contributed by atoms with E-state index in [4.69, 9.17) is 9.47 Å². The molecule has 0 amide bonds. The van der Waals surface area contributed by atoms with Gasteiger partial charge in [0.25, 0.3) is 5.69 Å². The summed E-state index contributed by atoms with van der Waals surface area (Å²) in [6, 6.07) is 25.9. The number of ether oxygens (including phenoxy) is 2. The van der Waals surface area contributed by atoms with Crippen molar-refractivity contribution in [2.75, 3.05) is 19.5 Å². The average Bonchev–Trinajstić information content (AvgIpc) is 2.77. The molecule has 0 saturated heterocycles. The van der Waals surface area contributed by atoms with Crippen LogP contribution in [0.15, 0.2) is 90.5 Å². The number of anilines is 1. The van der Waals surface area contributed by atoms with Crippen molar-refractivity contribution in [3.8, 4) is 11.5 Å². The Morgan fingerprint density at radius 1 is 0.828 bits per heavy atom. The van der Waals surface area contributed by atoms with E-state index in [2.05, 4.69) is 22.8 Å². The number of hydrogen-bond donors (Lipinski definition) is 1. The third-order valence-corrected chi connectivity index (χ3v) is 5.34. The predicted octanol–water partition coefficient (Wildman–Crippen LogP) is 6.09. The molecule has 0 unspecified atom stereocenters. The second-order valence-corrected chi connectivity index (χ2v) is 7.30. The zero-order valence-corrected chi connectivity index (χ0v) is 17.7. The van der Waals surface area contributed by atoms with Gasteiger partial charge in [0.1, 0.15) is 10.8 Å². The standard InChI is InChI=1S/C24H25N2O2S/c1-18(21-14-8-10-16-23(21)27-3)26(22-15-9-11-17-24(22)28-4)29-19(2)25-20-12-6-5-7-13-20/h5-17,25H,2H2,1,3-4H3/q+1/b26-18+. The number of benzene rings is 3. The minimum Gasteiger partial charge on any atom is -0.496 e. The monoisotopic (exact) mass is 405 g/mol. The van der Waals surface area contributed by atoms with Crippen LogP contribution in [0.25, 0.3) is 0 Å². The van der Waals surface area contributed by atoms with Crippen molar-refractivity contribution in [3.63, 3.8) is 0 Å². The summed E-state index contributed by atoms with van der Waals surface area (Å²) in [6.45, 7) is 6.28. The van der Waals surface area contributed by atoms with E-state index in [0.29, 0.717) is 0 Å². The number of methoxy groups -OCH3 is 2. The molecule has 5 heteroatoms. The Morgan fingerprint density at radius 3 is 2.10 bits per heavy atom. The summed E-state index contributed by atoms with van der Waals surface area (Å²) in [5.74, 6) is 1.59. The second kappa shape index (κ2) is 9.85. The fourth-order valence-electron chi connectivity index (χ4n) is 2.96. The van der Waals surface area contributed by atoms with E-state index in [1.165, 1.54) is 11.9 Å². The van der Waals surface area contributed by atoms with Crippen molar-refractivity contribution >= 4 is 29.0 Å². The van der Waals surface area contributed by atoms with Gasteiger partial charge in [-0.1, -0.05) is 49.0 Å². The van der Waals surface area contributed by atoms with Gasteiger partial charge in [0, 0.05) is 18.7 Å². The van der Waals surface area contributed by atoms with E-state index in [1.54, 1.807) is 14.2 Å². The molecular formula is C24H25N2O2S+. The van der Waals surface area contributed by atoms with Crippen LogP contribution in [-0.2, 0) is 0 Å². The first-order chi connectivity index (χ1) is 14.1. The van der Waals surface area contributed by atoms with Crippen LogP contribution in [0.5, 0.6) is 11.5 Å². The molecule has 0 aromatic heterocycles. The van der Waals surface area contributed by atoms with E-state index >= 15 is 0 Å². The molecule has 0 radical (unpaired) electrons. The number of para-hydroxylation sites is 4. The van der Waals surface area contributed by atoms with Crippen molar-refractivity contribution in [1.29, 1.82) is 0 Å². The van der Waals surface area contributed by atoms with E-state index < -0.39 is 0 Å². The van der Waals surface area contributed by atoms with E-state index in [0.717, 1.165) is 39.2 Å². The molecule has 148 valence electrons. The van der Waals surface area contributed by atoms with Crippen molar-refractivity contribution in [2.45, 2.75) is 6.92 Å². The van der Waals surface area contributed by atoms with E-state index in [1.807, 2.05) is 78.9 Å². The Labute approximate surface area is 176 Å². The van der Waals surface area contributed by atoms with Gasteiger partial charge in [-0.15, -0.1) is 3.98 Å². The van der Waals surface area contributed by atoms with Gasteiger partial charge in [0.15, 0.2) is 5.75 Å². The average molecular weight is 406 g/mol. The molecule has 3 aromatic rings. The van der Waals surface area contributed by atoms with Gasteiger partial charge in [-0.3, -0.25) is 0 Å².